The zero-order valence-electron chi connectivity index (χ0n) is 5.13. The highest BCUT2D eigenvalue weighted by Gasteiger charge is 2.34. The van der Waals surface area contributed by atoms with Gasteiger partial charge in [-0.3, -0.25) is 0 Å². The summed E-state index contributed by atoms with van der Waals surface area (Å²) in [5, 5.41) is -1.77. The highest BCUT2D eigenvalue weighted by atomic mass is 35.5. The predicted octanol–water partition coefficient (Wildman–Crippen LogP) is 3.17. The number of allylic oxidation sites excluding steroid dienone is 1. The second-order valence-electron chi connectivity index (χ2n) is 1.54. The fourth-order valence-corrected chi connectivity index (χ4v) is 0.480. The summed E-state index contributed by atoms with van der Waals surface area (Å²) in [4.78, 5) is 0. The first-order chi connectivity index (χ1) is 5.10. The smallest absolute Gasteiger partial charge is 0.394 e. The Morgan fingerprint density at radius 1 is 1.08 bits per heavy atom. The average Bonchev–Trinajstić information content (AvgIpc) is 1.49. The Morgan fingerprint density at radius 2 is 1.50 bits per heavy atom. The van der Waals surface area contributed by atoms with E-state index in [0.717, 1.165) is 0 Å². The number of halogens is 7. The number of hydrogen-bond donors (Lipinski definition) is 0. The SMILES string of the molecule is FC(F)(F)/C=C(/Cl)OC(F)(F)F. The minimum atomic E-state index is -5.21. The van der Waals surface area contributed by atoms with Crippen LogP contribution in [0.1, 0.15) is 0 Å². The maximum atomic E-state index is 11.3. The van der Waals surface area contributed by atoms with E-state index in [-0.39, 0.29) is 0 Å². The molecule has 0 N–H and O–H groups in total. The van der Waals surface area contributed by atoms with Gasteiger partial charge in [-0.2, -0.15) is 13.2 Å². The number of rotatable bonds is 1. The van der Waals surface area contributed by atoms with Crippen molar-refractivity contribution in [2.24, 2.45) is 0 Å². The Balaban J connectivity index is 4.23. The molecule has 0 heterocycles. The molecule has 0 aromatic carbocycles. The van der Waals surface area contributed by atoms with E-state index in [4.69, 9.17) is 0 Å². The van der Waals surface area contributed by atoms with Crippen LogP contribution in [0.4, 0.5) is 26.3 Å². The van der Waals surface area contributed by atoms with Crippen molar-refractivity contribution in [3.05, 3.63) is 11.3 Å². The van der Waals surface area contributed by atoms with Crippen LogP contribution in [0, 0.1) is 0 Å². The van der Waals surface area contributed by atoms with Gasteiger partial charge in [-0.05, 0) is 11.6 Å². The molecular formula is C4HClF6O. The maximum absolute atomic E-state index is 11.3. The monoisotopic (exact) mass is 214 g/mol. The van der Waals surface area contributed by atoms with Gasteiger partial charge in [-0.1, -0.05) is 0 Å². The van der Waals surface area contributed by atoms with Gasteiger partial charge in [-0.15, -0.1) is 13.2 Å². The highest BCUT2D eigenvalue weighted by Crippen LogP contribution is 2.26. The molecule has 0 rings (SSSR count). The molecule has 12 heavy (non-hydrogen) atoms. The molecular weight excluding hydrogens is 213 g/mol. The lowest BCUT2D eigenvalue weighted by atomic mass is 10.6. The number of ether oxygens (including phenoxy) is 1. The van der Waals surface area contributed by atoms with Gasteiger partial charge in [0.25, 0.3) is 0 Å². The molecule has 0 aromatic heterocycles. The molecule has 0 amide bonds. The van der Waals surface area contributed by atoms with Crippen LogP contribution in [0.15, 0.2) is 11.3 Å². The van der Waals surface area contributed by atoms with Crippen LogP contribution in [-0.2, 0) is 4.74 Å². The Bertz CT molecular complexity index is 179. The van der Waals surface area contributed by atoms with Crippen LogP contribution in [-0.4, -0.2) is 12.5 Å². The lowest BCUT2D eigenvalue weighted by molar-refractivity contribution is -0.301. The van der Waals surface area contributed by atoms with Crippen LogP contribution in [0.5, 0.6) is 0 Å². The van der Waals surface area contributed by atoms with Gasteiger partial charge >= 0.3 is 12.5 Å². The van der Waals surface area contributed by atoms with E-state index in [9.17, 15) is 26.3 Å². The lowest BCUT2D eigenvalue weighted by Crippen LogP contribution is -2.13. The largest absolute Gasteiger partial charge is 0.573 e. The van der Waals surface area contributed by atoms with Crippen LogP contribution in [0.2, 0.25) is 0 Å². The van der Waals surface area contributed by atoms with Crippen molar-refractivity contribution in [1.29, 1.82) is 0 Å². The first-order valence-corrected chi connectivity index (χ1v) is 2.69. The number of hydrogen-bond acceptors (Lipinski definition) is 1. The molecule has 0 unspecified atom stereocenters. The quantitative estimate of drug-likeness (QED) is 0.481. The van der Waals surface area contributed by atoms with Gasteiger partial charge in [-0.25, -0.2) is 0 Å². The molecule has 72 valence electrons. The zero-order valence-corrected chi connectivity index (χ0v) is 5.89. The molecule has 0 bridgehead atoms. The van der Waals surface area contributed by atoms with Crippen LogP contribution in [0.25, 0.3) is 0 Å². The van der Waals surface area contributed by atoms with Crippen LogP contribution in [0.3, 0.4) is 0 Å². The first-order valence-electron chi connectivity index (χ1n) is 2.31. The van der Waals surface area contributed by atoms with E-state index in [1.807, 2.05) is 0 Å². The molecule has 0 fully saturated rings. The molecule has 0 radical (unpaired) electrons. The molecule has 0 spiro atoms. The summed E-state index contributed by atoms with van der Waals surface area (Å²) >= 11 is 4.45. The van der Waals surface area contributed by atoms with E-state index >= 15 is 0 Å². The Morgan fingerprint density at radius 3 is 1.75 bits per heavy atom. The van der Waals surface area contributed by atoms with E-state index < -0.39 is 23.8 Å². The van der Waals surface area contributed by atoms with Gasteiger partial charge < -0.3 is 4.74 Å². The second-order valence-corrected chi connectivity index (χ2v) is 1.91. The fourth-order valence-electron chi connectivity index (χ4n) is 0.269. The van der Waals surface area contributed by atoms with Gasteiger partial charge in [0.2, 0.25) is 5.22 Å². The molecule has 0 aliphatic heterocycles. The Labute approximate surface area is 67.6 Å². The van der Waals surface area contributed by atoms with E-state index in [1.54, 1.807) is 0 Å². The fraction of sp³-hybridized carbons (Fsp3) is 0.500. The standard InChI is InChI=1S/C4HClF6O/c5-2(1-3(6,7)8)12-4(9,10)11/h1H/b2-1-. The molecule has 0 aliphatic rings. The van der Waals surface area contributed by atoms with Crippen molar-refractivity contribution in [2.45, 2.75) is 12.5 Å². The number of alkyl halides is 6. The minimum absolute atomic E-state index is 0.804. The summed E-state index contributed by atoms with van der Waals surface area (Å²) in [6, 6.07) is 0. The zero-order chi connectivity index (χ0) is 9.99. The molecule has 0 atom stereocenters. The van der Waals surface area contributed by atoms with E-state index in [1.165, 1.54) is 0 Å². The summed E-state index contributed by atoms with van der Waals surface area (Å²) in [6.45, 7) is 0. The summed E-state index contributed by atoms with van der Waals surface area (Å²) in [5.41, 5.74) is 0. The van der Waals surface area contributed by atoms with E-state index in [0.29, 0.717) is 0 Å². The normalized spacial score (nSPS) is 14.8. The summed E-state index contributed by atoms with van der Waals surface area (Å²) in [6.07, 6.45) is -10.9. The molecule has 8 heteroatoms. The summed E-state index contributed by atoms with van der Waals surface area (Å²) in [5.74, 6) is 0. The maximum Gasteiger partial charge on any atom is 0.573 e. The minimum Gasteiger partial charge on any atom is -0.394 e. The predicted molar refractivity (Wildman–Crippen MR) is 27.1 cm³/mol. The highest BCUT2D eigenvalue weighted by molar-refractivity contribution is 6.28. The second kappa shape index (κ2) is 3.42. The third-order valence-electron chi connectivity index (χ3n) is 0.490. The van der Waals surface area contributed by atoms with Crippen LogP contribution < -0.4 is 0 Å². The lowest BCUT2D eigenvalue weighted by Gasteiger charge is -2.07. The van der Waals surface area contributed by atoms with Crippen molar-refractivity contribution >= 4 is 11.6 Å². The topological polar surface area (TPSA) is 9.23 Å². The Kier molecular flexibility index (Phi) is 3.25. The van der Waals surface area contributed by atoms with Crippen LogP contribution >= 0.6 is 11.6 Å². The van der Waals surface area contributed by atoms with Gasteiger partial charge in [0.1, 0.15) is 0 Å². The average molecular weight is 214 g/mol. The Hall–Kier alpha value is -0.590. The van der Waals surface area contributed by atoms with Gasteiger partial charge in [0, 0.05) is 0 Å². The van der Waals surface area contributed by atoms with Crippen molar-refractivity contribution in [2.75, 3.05) is 0 Å². The van der Waals surface area contributed by atoms with Crippen molar-refractivity contribution < 1.29 is 31.1 Å². The molecule has 0 aromatic rings. The molecule has 1 nitrogen and oxygen atoms in total. The van der Waals surface area contributed by atoms with Gasteiger partial charge in [0.05, 0.1) is 6.08 Å². The van der Waals surface area contributed by atoms with Crippen molar-refractivity contribution in [3.63, 3.8) is 0 Å². The third kappa shape index (κ3) is 7.52. The molecule has 0 saturated heterocycles. The molecule has 0 aliphatic carbocycles. The third-order valence-corrected chi connectivity index (χ3v) is 0.677. The summed E-state index contributed by atoms with van der Waals surface area (Å²) < 4.78 is 70.0. The van der Waals surface area contributed by atoms with Gasteiger partial charge in [0.15, 0.2) is 0 Å². The van der Waals surface area contributed by atoms with E-state index in [2.05, 4.69) is 16.3 Å². The summed E-state index contributed by atoms with van der Waals surface area (Å²) in [7, 11) is 0. The first kappa shape index (κ1) is 11.4. The van der Waals surface area contributed by atoms with Crippen molar-refractivity contribution in [1.82, 2.24) is 0 Å². The van der Waals surface area contributed by atoms with Crippen molar-refractivity contribution in [3.8, 4) is 0 Å². The molecule has 0 saturated carbocycles.